The van der Waals surface area contributed by atoms with Gasteiger partial charge in [-0.3, -0.25) is 0 Å². The molecule has 1 heterocycles. The van der Waals surface area contributed by atoms with Crippen LogP contribution in [0.3, 0.4) is 0 Å². The molecule has 7 heteroatoms. The van der Waals surface area contributed by atoms with Crippen LogP contribution in [0.15, 0.2) is 5.16 Å². The topological polar surface area (TPSA) is 89.5 Å². The van der Waals surface area contributed by atoms with Crippen LogP contribution in [0, 0.1) is 0 Å². The molecular formula is C8H14N6O. The Morgan fingerprint density at radius 1 is 1.27 bits per heavy atom. The molecule has 1 rings (SSSR count). The lowest BCUT2D eigenvalue weighted by Crippen LogP contribution is -2.15. The third kappa shape index (κ3) is 3.37. The Hall–Kier alpha value is -1.92. The van der Waals surface area contributed by atoms with Crippen molar-refractivity contribution in [2.45, 2.75) is 13.8 Å². The molecule has 0 spiro atoms. The summed E-state index contributed by atoms with van der Waals surface area (Å²) in [4.78, 5) is 18.4. The van der Waals surface area contributed by atoms with E-state index in [0.29, 0.717) is 5.95 Å². The lowest BCUT2D eigenvalue weighted by Gasteiger charge is -2.09. The van der Waals surface area contributed by atoms with Gasteiger partial charge >= 0.3 is 6.01 Å². The van der Waals surface area contributed by atoms with Gasteiger partial charge in [0.1, 0.15) is 0 Å². The van der Waals surface area contributed by atoms with Gasteiger partial charge in [0, 0.05) is 14.1 Å². The lowest BCUT2D eigenvalue weighted by atomic mass is 10.5. The molecule has 0 aliphatic heterocycles. The minimum atomic E-state index is 0.0902. The Bertz CT molecular complexity index is 371. The van der Waals surface area contributed by atoms with Crippen molar-refractivity contribution in [2.24, 2.45) is 5.16 Å². The SMILES string of the molecule is CC(C)=NOc1nc(N)nc(N(C)C)n1. The van der Waals surface area contributed by atoms with E-state index >= 15 is 0 Å². The zero-order valence-electron chi connectivity index (χ0n) is 9.22. The zero-order chi connectivity index (χ0) is 11.4. The minimum Gasteiger partial charge on any atom is -0.368 e. The summed E-state index contributed by atoms with van der Waals surface area (Å²) in [5.74, 6) is 0.536. The summed E-state index contributed by atoms with van der Waals surface area (Å²) in [5.41, 5.74) is 6.25. The standard InChI is InChI=1S/C8H14N6O/c1-5(2)13-15-8-11-6(9)10-7(12-8)14(3)4/h1-4H3,(H2,9,10,11,12). The third-order valence-electron chi connectivity index (χ3n) is 1.33. The van der Waals surface area contributed by atoms with Gasteiger partial charge in [-0.15, -0.1) is 0 Å². The molecule has 0 amide bonds. The van der Waals surface area contributed by atoms with Gasteiger partial charge in [-0.1, -0.05) is 5.16 Å². The zero-order valence-corrected chi connectivity index (χ0v) is 9.22. The molecule has 1 aromatic rings. The van der Waals surface area contributed by atoms with Crippen molar-refractivity contribution >= 4 is 17.6 Å². The smallest absolute Gasteiger partial charge is 0.352 e. The molecule has 0 saturated carbocycles. The van der Waals surface area contributed by atoms with E-state index in [9.17, 15) is 0 Å². The highest BCUT2D eigenvalue weighted by atomic mass is 16.6. The van der Waals surface area contributed by atoms with E-state index in [0.717, 1.165) is 5.71 Å². The maximum atomic E-state index is 5.49. The van der Waals surface area contributed by atoms with Crippen LogP contribution in [0.2, 0.25) is 0 Å². The maximum Gasteiger partial charge on any atom is 0.352 e. The number of nitrogens with zero attached hydrogens (tertiary/aromatic N) is 5. The number of rotatable bonds is 3. The summed E-state index contributed by atoms with van der Waals surface area (Å²) in [5, 5.41) is 3.73. The molecule has 0 aliphatic carbocycles. The Morgan fingerprint density at radius 2 is 1.93 bits per heavy atom. The fourth-order valence-electron chi connectivity index (χ4n) is 0.734. The quantitative estimate of drug-likeness (QED) is 0.570. The average Bonchev–Trinajstić information content (AvgIpc) is 2.13. The Labute approximate surface area is 88.0 Å². The lowest BCUT2D eigenvalue weighted by molar-refractivity contribution is 0.312. The number of anilines is 2. The van der Waals surface area contributed by atoms with Crippen molar-refractivity contribution in [3.63, 3.8) is 0 Å². The highest BCUT2D eigenvalue weighted by molar-refractivity contribution is 5.78. The predicted octanol–water partition coefficient (Wildman–Crippen LogP) is 0.294. The molecule has 0 saturated heterocycles. The van der Waals surface area contributed by atoms with Crippen LogP contribution in [0.4, 0.5) is 11.9 Å². The molecule has 2 N–H and O–H groups in total. The van der Waals surface area contributed by atoms with Crippen LogP contribution >= 0.6 is 0 Å². The van der Waals surface area contributed by atoms with Gasteiger partial charge in [-0.25, -0.2) is 0 Å². The van der Waals surface area contributed by atoms with Gasteiger partial charge in [0.2, 0.25) is 11.9 Å². The van der Waals surface area contributed by atoms with Crippen molar-refractivity contribution < 1.29 is 4.84 Å². The minimum absolute atomic E-state index is 0.0902. The van der Waals surface area contributed by atoms with Crippen molar-refractivity contribution in [2.75, 3.05) is 24.7 Å². The number of hydrogen-bond donors (Lipinski definition) is 1. The first-order chi connectivity index (χ1) is 6.99. The number of hydrogen-bond acceptors (Lipinski definition) is 7. The highest BCUT2D eigenvalue weighted by Gasteiger charge is 2.06. The summed E-state index contributed by atoms with van der Waals surface area (Å²) >= 11 is 0. The summed E-state index contributed by atoms with van der Waals surface area (Å²) in [7, 11) is 3.60. The molecule has 7 nitrogen and oxygen atoms in total. The number of aromatic nitrogens is 3. The van der Waals surface area contributed by atoms with Crippen LogP contribution in [0.5, 0.6) is 6.01 Å². The first-order valence-electron chi connectivity index (χ1n) is 4.36. The largest absolute Gasteiger partial charge is 0.368 e. The van der Waals surface area contributed by atoms with Crippen LogP contribution in [-0.2, 0) is 0 Å². The van der Waals surface area contributed by atoms with Crippen molar-refractivity contribution in [3.8, 4) is 6.01 Å². The first-order valence-corrected chi connectivity index (χ1v) is 4.36. The second-order valence-electron chi connectivity index (χ2n) is 3.30. The molecule has 0 fully saturated rings. The van der Waals surface area contributed by atoms with Crippen molar-refractivity contribution in [3.05, 3.63) is 0 Å². The molecule has 0 aromatic carbocycles. The van der Waals surface area contributed by atoms with Gasteiger partial charge in [-0.2, -0.15) is 15.0 Å². The van der Waals surface area contributed by atoms with Crippen LogP contribution in [0.1, 0.15) is 13.8 Å². The van der Waals surface area contributed by atoms with E-state index in [-0.39, 0.29) is 12.0 Å². The normalized spacial score (nSPS) is 9.60. The monoisotopic (exact) mass is 210 g/mol. The Kier molecular flexibility index (Phi) is 3.37. The molecule has 0 bridgehead atoms. The van der Waals surface area contributed by atoms with E-state index in [1.165, 1.54) is 0 Å². The molecule has 1 aromatic heterocycles. The molecule has 82 valence electrons. The molecule has 0 aliphatic rings. The van der Waals surface area contributed by atoms with Gasteiger partial charge < -0.3 is 15.5 Å². The fourth-order valence-corrected chi connectivity index (χ4v) is 0.734. The van der Waals surface area contributed by atoms with E-state index < -0.39 is 0 Å². The fraction of sp³-hybridized carbons (Fsp3) is 0.500. The molecule has 15 heavy (non-hydrogen) atoms. The second-order valence-corrected chi connectivity index (χ2v) is 3.30. The van der Waals surface area contributed by atoms with E-state index in [1.54, 1.807) is 32.8 Å². The van der Waals surface area contributed by atoms with E-state index in [1.807, 2.05) is 0 Å². The van der Waals surface area contributed by atoms with Crippen LogP contribution < -0.4 is 15.5 Å². The Balaban J connectivity index is 2.94. The number of nitrogens with two attached hydrogens (primary N) is 1. The van der Waals surface area contributed by atoms with Gasteiger partial charge in [0.25, 0.3) is 0 Å². The third-order valence-corrected chi connectivity index (χ3v) is 1.33. The predicted molar refractivity (Wildman–Crippen MR) is 58.0 cm³/mol. The molecule has 0 atom stereocenters. The van der Waals surface area contributed by atoms with E-state index in [2.05, 4.69) is 20.1 Å². The molecular weight excluding hydrogens is 196 g/mol. The Morgan fingerprint density at radius 3 is 2.47 bits per heavy atom. The molecule has 0 radical (unpaired) electrons. The van der Waals surface area contributed by atoms with Gasteiger partial charge in [-0.05, 0) is 13.8 Å². The summed E-state index contributed by atoms with van der Waals surface area (Å²) in [6.07, 6.45) is 0. The maximum absolute atomic E-state index is 5.49. The summed E-state index contributed by atoms with van der Waals surface area (Å²) < 4.78 is 0. The second kappa shape index (κ2) is 4.54. The summed E-state index contributed by atoms with van der Waals surface area (Å²) in [6, 6.07) is 0.0902. The van der Waals surface area contributed by atoms with Crippen LogP contribution in [-0.4, -0.2) is 34.8 Å². The molecule has 0 unspecified atom stereocenters. The first kappa shape index (κ1) is 11.2. The van der Waals surface area contributed by atoms with Crippen LogP contribution in [0.25, 0.3) is 0 Å². The summed E-state index contributed by atoms with van der Waals surface area (Å²) in [6.45, 7) is 3.61. The van der Waals surface area contributed by atoms with Gasteiger partial charge in [0.05, 0.1) is 5.71 Å². The van der Waals surface area contributed by atoms with E-state index in [4.69, 9.17) is 10.6 Å². The average molecular weight is 210 g/mol. The van der Waals surface area contributed by atoms with Crippen molar-refractivity contribution in [1.29, 1.82) is 0 Å². The highest BCUT2D eigenvalue weighted by Crippen LogP contribution is 2.10. The number of oxime groups is 1. The number of nitrogen functional groups attached to an aromatic ring is 1. The van der Waals surface area contributed by atoms with Gasteiger partial charge in [0.15, 0.2) is 0 Å². The van der Waals surface area contributed by atoms with Crippen molar-refractivity contribution in [1.82, 2.24) is 15.0 Å².